The second-order valence-corrected chi connectivity index (χ2v) is 16.4. The average molecular weight is 629 g/mol. The maximum Gasteiger partial charge on any atom is 0.306 e. The van der Waals surface area contributed by atoms with Gasteiger partial charge in [-0.1, -0.05) is 27.7 Å². The number of carbonyl (C=O) groups excluding carboxylic acids is 4. The zero-order valence-electron chi connectivity index (χ0n) is 28.0. The lowest BCUT2D eigenvalue weighted by Gasteiger charge is -2.64. The van der Waals surface area contributed by atoms with Crippen molar-refractivity contribution in [2.45, 2.75) is 141 Å². The van der Waals surface area contributed by atoms with Gasteiger partial charge in [-0.25, -0.2) is 0 Å². The third kappa shape index (κ3) is 5.57. The van der Waals surface area contributed by atoms with Crippen LogP contribution in [0.3, 0.4) is 0 Å². The zero-order chi connectivity index (χ0) is 32.0. The second kappa shape index (κ2) is 12.9. The Bertz CT molecular complexity index is 1110. The number of hydrogen-bond donors (Lipinski definition) is 0. The van der Waals surface area contributed by atoms with Crippen LogP contribution in [0.2, 0.25) is 0 Å². The number of hydrogen-bond acceptors (Lipinski definition) is 8. The van der Waals surface area contributed by atoms with Crippen molar-refractivity contribution in [2.75, 3.05) is 6.61 Å². The Labute approximate surface area is 269 Å². The highest BCUT2D eigenvalue weighted by Gasteiger charge is 2.67. The molecule has 8 heteroatoms. The predicted octanol–water partition coefficient (Wildman–Crippen LogP) is 6.46. The van der Waals surface area contributed by atoms with Gasteiger partial charge in [0.2, 0.25) is 0 Å². The SMILES string of the molecule is CC[C@]1(OC(=O)CC[C@@H](C)[C@H]2CC[C@H]3[C@@H]4[C@H](OC=O)C[C@@H]5C[C@H](OC=O)CC[C@]5(C)[C@H]4C[C@H](OCC=O)[C@]23C)C[C@H]2CC[C@@H]1C2. The number of rotatable bonds is 13. The van der Waals surface area contributed by atoms with Crippen LogP contribution < -0.4 is 0 Å². The fraction of sp³-hybridized carbons (Fsp3) is 0.892. The van der Waals surface area contributed by atoms with Crippen molar-refractivity contribution in [3.63, 3.8) is 0 Å². The molecule has 0 saturated heterocycles. The molecule has 252 valence electrons. The smallest absolute Gasteiger partial charge is 0.306 e. The molecule has 14 atom stereocenters. The van der Waals surface area contributed by atoms with Crippen molar-refractivity contribution < 1.29 is 38.1 Å². The Hall–Kier alpha value is -1.96. The zero-order valence-corrected chi connectivity index (χ0v) is 28.0. The van der Waals surface area contributed by atoms with Crippen LogP contribution in [0, 0.1) is 58.2 Å². The molecule has 0 aromatic rings. The van der Waals surface area contributed by atoms with Gasteiger partial charge in [0, 0.05) is 17.8 Å². The molecule has 45 heavy (non-hydrogen) atoms. The van der Waals surface area contributed by atoms with Gasteiger partial charge in [0.25, 0.3) is 12.9 Å². The summed E-state index contributed by atoms with van der Waals surface area (Å²) in [6, 6.07) is 0. The van der Waals surface area contributed by atoms with Crippen molar-refractivity contribution in [1.82, 2.24) is 0 Å². The van der Waals surface area contributed by atoms with E-state index < -0.39 is 0 Å². The summed E-state index contributed by atoms with van der Waals surface area (Å²) >= 11 is 0. The van der Waals surface area contributed by atoms with Crippen LogP contribution in [-0.2, 0) is 38.1 Å². The Morgan fingerprint density at radius 3 is 2.38 bits per heavy atom. The number of carbonyl (C=O) groups is 4. The van der Waals surface area contributed by atoms with Crippen molar-refractivity contribution in [2.24, 2.45) is 58.2 Å². The van der Waals surface area contributed by atoms with Crippen molar-refractivity contribution in [1.29, 1.82) is 0 Å². The third-order valence-electron chi connectivity index (χ3n) is 14.9. The van der Waals surface area contributed by atoms with E-state index in [-0.39, 0.29) is 76.9 Å². The fourth-order valence-corrected chi connectivity index (χ4v) is 12.7. The first-order valence-corrected chi connectivity index (χ1v) is 18.1. The van der Waals surface area contributed by atoms with Crippen LogP contribution in [0.1, 0.15) is 118 Å². The summed E-state index contributed by atoms with van der Waals surface area (Å²) in [6.45, 7) is 10.5. The van der Waals surface area contributed by atoms with E-state index in [4.69, 9.17) is 18.9 Å². The Kier molecular flexibility index (Phi) is 9.46. The van der Waals surface area contributed by atoms with E-state index in [1.807, 2.05) is 0 Å². The highest BCUT2D eigenvalue weighted by Crippen LogP contribution is 2.69. The van der Waals surface area contributed by atoms with Crippen LogP contribution in [0.5, 0.6) is 0 Å². The predicted molar refractivity (Wildman–Crippen MR) is 167 cm³/mol. The topological polar surface area (TPSA) is 105 Å². The van der Waals surface area contributed by atoms with Gasteiger partial charge in [0.05, 0.1) is 6.10 Å². The lowest BCUT2D eigenvalue weighted by atomic mass is 9.43. The number of ether oxygens (including phenoxy) is 4. The van der Waals surface area contributed by atoms with Gasteiger partial charge >= 0.3 is 5.97 Å². The molecule has 0 aromatic heterocycles. The van der Waals surface area contributed by atoms with E-state index in [1.165, 1.54) is 19.3 Å². The van der Waals surface area contributed by atoms with Gasteiger partial charge in [-0.2, -0.15) is 0 Å². The fourth-order valence-electron chi connectivity index (χ4n) is 12.7. The van der Waals surface area contributed by atoms with Crippen LogP contribution in [0.25, 0.3) is 0 Å². The lowest BCUT2D eigenvalue weighted by Crippen LogP contribution is -2.63. The number of fused-ring (bicyclic) bond motifs is 7. The van der Waals surface area contributed by atoms with Gasteiger partial charge in [-0.3, -0.25) is 14.4 Å². The second-order valence-electron chi connectivity index (χ2n) is 16.4. The Balaban J connectivity index is 1.20. The molecule has 2 bridgehead atoms. The molecule has 6 fully saturated rings. The summed E-state index contributed by atoms with van der Waals surface area (Å²) < 4.78 is 24.2. The molecule has 0 spiro atoms. The molecule has 0 heterocycles. The molecule has 6 aliphatic rings. The molecule has 8 nitrogen and oxygen atoms in total. The van der Waals surface area contributed by atoms with Gasteiger partial charge in [0.1, 0.15) is 30.7 Å². The first kappa shape index (κ1) is 33.0. The molecule has 6 aliphatic carbocycles. The van der Waals surface area contributed by atoms with Gasteiger partial charge in [-0.05, 0) is 130 Å². The molecule has 6 rings (SSSR count). The highest BCUT2D eigenvalue weighted by molar-refractivity contribution is 5.70. The minimum absolute atomic E-state index is 0.0165. The normalized spacial score (nSPS) is 47.1. The van der Waals surface area contributed by atoms with Crippen LogP contribution >= 0.6 is 0 Å². The van der Waals surface area contributed by atoms with E-state index >= 15 is 0 Å². The summed E-state index contributed by atoms with van der Waals surface area (Å²) in [7, 11) is 0. The minimum Gasteiger partial charge on any atom is -0.465 e. The summed E-state index contributed by atoms with van der Waals surface area (Å²) in [5.41, 5.74) is -0.433. The summed E-state index contributed by atoms with van der Waals surface area (Å²) in [4.78, 5) is 47.9. The molecule has 0 amide bonds. The standard InChI is InChI=1S/C37H56O8/c1-5-37(20-24-7-8-25(37)16-24)45-33(41)11-6-23(2)28-9-10-29-34-30(19-32(36(28,29)4)42-15-14-38)35(3)13-12-27(43-21-39)17-26(35)18-31(34)44-22-40/h14,21-32,34H,5-13,15-20H2,1-4H3/t23-,24+,25-,26+,27-,28-,29+,30+,31-,32+,34+,35+,36-,37+/m1/s1. The maximum absolute atomic E-state index is 13.3. The Morgan fingerprint density at radius 2 is 1.71 bits per heavy atom. The largest absolute Gasteiger partial charge is 0.465 e. The van der Waals surface area contributed by atoms with E-state index in [2.05, 4.69) is 27.7 Å². The molecule has 0 aromatic carbocycles. The third-order valence-corrected chi connectivity index (χ3v) is 14.9. The van der Waals surface area contributed by atoms with Crippen molar-refractivity contribution in [3.8, 4) is 0 Å². The van der Waals surface area contributed by atoms with Crippen molar-refractivity contribution in [3.05, 3.63) is 0 Å². The van der Waals surface area contributed by atoms with Crippen LogP contribution in [0.15, 0.2) is 0 Å². The van der Waals surface area contributed by atoms with E-state index in [1.54, 1.807) is 0 Å². The molecule has 0 unspecified atom stereocenters. The monoisotopic (exact) mass is 628 g/mol. The van der Waals surface area contributed by atoms with Gasteiger partial charge in [0.15, 0.2) is 0 Å². The van der Waals surface area contributed by atoms with Crippen LogP contribution in [0.4, 0.5) is 0 Å². The number of esters is 1. The summed E-state index contributed by atoms with van der Waals surface area (Å²) in [6.07, 6.45) is 13.6. The van der Waals surface area contributed by atoms with Crippen molar-refractivity contribution >= 4 is 25.2 Å². The molecule has 0 radical (unpaired) electrons. The van der Waals surface area contributed by atoms with E-state index in [9.17, 15) is 19.2 Å². The van der Waals surface area contributed by atoms with E-state index in [0.29, 0.717) is 31.2 Å². The minimum atomic E-state index is -0.249. The van der Waals surface area contributed by atoms with Gasteiger partial charge in [-0.15, -0.1) is 0 Å². The summed E-state index contributed by atoms with van der Waals surface area (Å²) in [5.74, 6) is 2.88. The average Bonchev–Trinajstić information content (AvgIpc) is 3.73. The molecular weight excluding hydrogens is 572 g/mol. The Morgan fingerprint density at radius 1 is 0.911 bits per heavy atom. The lowest BCUT2D eigenvalue weighted by molar-refractivity contribution is -0.221. The van der Waals surface area contributed by atoms with E-state index in [0.717, 1.165) is 76.4 Å². The highest BCUT2D eigenvalue weighted by atomic mass is 16.6. The maximum atomic E-state index is 13.3. The molecule has 0 N–H and O–H groups in total. The number of aldehydes is 1. The first-order chi connectivity index (χ1) is 21.6. The quantitative estimate of drug-likeness (QED) is 0.130. The molecule has 0 aliphatic heterocycles. The molecule has 6 saturated carbocycles. The summed E-state index contributed by atoms with van der Waals surface area (Å²) in [5, 5.41) is 0. The first-order valence-electron chi connectivity index (χ1n) is 18.1. The molecular formula is C37H56O8. The van der Waals surface area contributed by atoms with Crippen LogP contribution in [-0.4, -0.2) is 55.7 Å². The van der Waals surface area contributed by atoms with Gasteiger partial charge < -0.3 is 23.7 Å².